The summed E-state index contributed by atoms with van der Waals surface area (Å²) >= 11 is 0. The van der Waals surface area contributed by atoms with Crippen molar-refractivity contribution >= 4 is 21.8 Å². The average molecular weight is 452 g/mol. The third-order valence-electron chi connectivity index (χ3n) is 4.70. The maximum Gasteiger partial charge on any atom is 0.309 e. The van der Waals surface area contributed by atoms with E-state index in [2.05, 4.69) is 10.6 Å². The molecule has 1 fully saturated rings. The van der Waals surface area contributed by atoms with Crippen LogP contribution in [0.3, 0.4) is 0 Å². The number of furan rings is 1. The number of hydrogen-bond acceptors (Lipinski definition) is 7. The van der Waals surface area contributed by atoms with Gasteiger partial charge in [-0.2, -0.15) is 4.31 Å². The lowest BCUT2D eigenvalue weighted by Crippen LogP contribution is -2.53. The van der Waals surface area contributed by atoms with Crippen LogP contribution in [0.4, 0.5) is 0 Å². The molecule has 1 aromatic heterocycles. The Morgan fingerprint density at radius 3 is 2.58 bits per heavy atom. The Kier molecular flexibility index (Phi) is 7.66. The van der Waals surface area contributed by atoms with Crippen LogP contribution in [0.25, 0.3) is 0 Å². The first kappa shape index (κ1) is 22.8. The quantitative estimate of drug-likeness (QED) is 0.560. The van der Waals surface area contributed by atoms with Gasteiger partial charge in [-0.25, -0.2) is 8.42 Å². The molecule has 1 aromatic carbocycles. The predicted molar refractivity (Wildman–Crippen MR) is 110 cm³/mol. The van der Waals surface area contributed by atoms with Crippen molar-refractivity contribution in [1.82, 2.24) is 14.9 Å². The Bertz CT molecular complexity index is 975. The molecule has 0 unspecified atom stereocenters. The van der Waals surface area contributed by atoms with Gasteiger partial charge in [-0.3, -0.25) is 9.59 Å². The first-order chi connectivity index (χ1) is 14.9. The minimum atomic E-state index is -3.85. The van der Waals surface area contributed by atoms with Crippen LogP contribution in [0.2, 0.25) is 0 Å². The predicted octanol–water partition coefficient (Wildman–Crippen LogP) is 0.500. The molecule has 2 aromatic rings. The molecular weight excluding hydrogens is 426 g/mol. The topological polar surface area (TPSA) is 127 Å². The maximum atomic E-state index is 13.0. The van der Waals surface area contributed by atoms with E-state index in [4.69, 9.17) is 13.9 Å². The summed E-state index contributed by atoms with van der Waals surface area (Å²) in [5.41, 5.74) is 0. The summed E-state index contributed by atoms with van der Waals surface area (Å²) in [6.07, 6.45) is 1.58. The molecule has 0 aliphatic carbocycles. The van der Waals surface area contributed by atoms with Gasteiger partial charge in [0, 0.05) is 19.5 Å². The molecule has 1 aliphatic heterocycles. The van der Waals surface area contributed by atoms with Gasteiger partial charge in [0.25, 0.3) is 0 Å². The van der Waals surface area contributed by atoms with Crippen molar-refractivity contribution in [2.24, 2.45) is 0 Å². The van der Waals surface area contributed by atoms with Crippen molar-refractivity contribution in [3.05, 3.63) is 48.4 Å². The van der Waals surface area contributed by atoms with Crippen molar-refractivity contribution in [3.63, 3.8) is 0 Å². The summed E-state index contributed by atoms with van der Waals surface area (Å²) in [4.78, 5) is 24.1. The molecule has 0 spiro atoms. The standard InChI is InChI=1S/C20H25N3O7S/c1-28-15-5-7-17(8-6-15)31(26,27)23-11-3-13-30-18(23)14-22-20(25)19(24)21-10-9-16-4-2-12-29-16/h2,4-8,12,18H,3,9-11,13-14H2,1H3,(H,21,24)(H,22,25)/t18-/m1/s1. The normalized spacial score (nSPS) is 17.1. The molecule has 1 saturated heterocycles. The van der Waals surface area contributed by atoms with Gasteiger partial charge in [0.15, 0.2) is 0 Å². The van der Waals surface area contributed by atoms with Crippen LogP contribution < -0.4 is 15.4 Å². The third kappa shape index (κ3) is 5.84. The summed E-state index contributed by atoms with van der Waals surface area (Å²) < 4.78 is 43.0. The van der Waals surface area contributed by atoms with E-state index in [1.807, 2.05) is 0 Å². The summed E-state index contributed by atoms with van der Waals surface area (Å²) in [6, 6.07) is 9.52. The fourth-order valence-corrected chi connectivity index (χ4v) is 4.65. The molecule has 2 amide bonds. The van der Waals surface area contributed by atoms with Gasteiger partial charge < -0.3 is 24.5 Å². The molecular formula is C20H25N3O7S. The number of carbonyl (C=O) groups is 2. The van der Waals surface area contributed by atoms with E-state index in [0.29, 0.717) is 31.0 Å². The zero-order valence-corrected chi connectivity index (χ0v) is 17.9. The minimum Gasteiger partial charge on any atom is -0.497 e. The van der Waals surface area contributed by atoms with Crippen LogP contribution in [0.1, 0.15) is 12.2 Å². The molecule has 10 nitrogen and oxygen atoms in total. The molecule has 0 radical (unpaired) electrons. The number of carbonyl (C=O) groups excluding carboxylic acids is 2. The Morgan fingerprint density at radius 2 is 1.90 bits per heavy atom. The number of sulfonamides is 1. The van der Waals surface area contributed by atoms with Crippen molar-refractivity contribution in [2.45, 2.75) is 24.0 Å². The van der Waals surface area contributed by atoms with Crippen LogP contribution >= 0.6 is 0 Å². The van der Waals surface area contributed by atoms with E-state index in [9.17, 15) is 18.0 Å². The second-order valence-corrected chi connectivity index (χ2v) is 8.66. The summed E-state index contributed by atoms with van der Waals surface area (Å²) in [6.45, 7) is 0.673. The van der Waals surface area contributed by atoms with Gasteiger partial charge in [0.05, 0.1) is 31.4 Å². The second-order valence-electron chi connectivity index (χ2n) is 6.77. The molecule has 0 bridgehead atoms. The first-order valence-corrected chi connectivity index (χ1v) is 11.2. The highest BCUT2D eigenvalue weighted by Gasteiger charge is 2.35. The lowest BCUT2D eigenvalue weighted by atomic mass is 10.3. The molecule has 11 heteroatoms. The summed E-state index contributed by atoms with van der Waals surface area (Å²) in [5.74, 6) is -0.450. The van der Waals surface area contributed by atoms with Gasteiger partial charge in [-0.15, -0.1) is 0 Å². The van der Waals surface area contributed by atoms with E-state index in [1.54, 1.807) is 24.3 Å². The Hall–Kier alpha value is -2.89. The number of benzene rings is 1. The lowest BCUT2D eigenvalue weighted by molar-refractivity contribution is -0.140. The van der Waals surface area contributed by atoms with Crippen LogP contribution in [0.5, 0.6) is 5.75 Å². The summed E-state index contributed by atoms with van der Waals surface area (Å²) in [5, 5.41) is 4.93. The fourth-order valence-electron chi connectivity index (χ4n) is 3.08. The molecule has 3 rings (SSSR count). The zero-order valence-electron chi connectivity index (χ0n) is 17.1. The van der Waals surface area contributed by atoms with E-state index in [0.717, 1.165) is 0 Å². The van der Waals surface area contributed by atoms with E-state index < -0.39 is 28.1 Å². The molecule has 2 N–H and O–H groups in total. The minimum absolute atomic E-state index is 0.0887. The molecule has 0 saturated carbocycles. The van der Waals surface area contributed by atoms with Crippen molar-refractivity contribution in [2.75, 3.05) is 33.4 Å². The molecule has 31 heavy (non-hydrogen) atoms. The number of nitrogens with zero attached hydrogens (tertiary/aromatic N) is 1. The Balaban J connectivity index is 1.56. The number of rotatable bonds is 8. The van der Waals surface area contributed by atoms with Crippen molar-refractivity contribution in [1.29, 1.82) is 0 Å². The monoisotopic (exact) mass is 451 g/mol. The highest BCUT2D eigenvalue weighted by Crippen LogP contribution is 2.23. The smallest absolute Gasteiger partial charge is 0.309 e. The van der Waals surface area contributed by atoms with Crippen LogP contribution in [0.15, 0.2) is 52.0 Å². The van der Waals surface area contributed by atoms with E-state index in [1.165, 1.54) is 29.8 Å². The van der Waals surface area contributed by atoms with Crippen molar-refractivity contribution in [3.8, 4) is 5.75 Å². The maximum absolute atomic E-state index is 13.0. The van der Waals surface area contributed by atoms with Gasteiger partial charge in [0.2, 0.25) is 10.0 Å². The first-order valence-electron chi connectivity index (χ1n) is 9.77. The van der Waals surface area contributed by atoms with Crippen LogP contribution in [-0.2, 0) is 30.8 Å². The largest absolute Gasteiger partial charge is 0.497 e. The Labute approximate surface area is 180 Å². The third-order valence-corrected chi connectivity index (χ3v) is 6.60. The molecule has 168 valence electrons. The second kappa shape index (κ2) is 10.4. The van der Waals surface area contributed by atoms with Gasteiger partial charge in [-0.1, -0.05) is 0 Å². The number of nitrogens with one attached hydrogen (secondary N) is 2. The van der Waals surface area contributed by atoms with Crippen LogP contribution in [0, 0.1) is 0 Å². The fraction of sp³-hybridized carbons (Fsp3) is 0.400. The Morgan fingerprint density at radius 1 is 1.16 bits per heavy atom. The van der Waals surface area contributed by atoms with Gasteiger partial charge in [-0.05, 0) is 42.8 Å². The zero-order chi connectivity index (χ0) is 22.3. The highest BCUT2D eigenvalue weighted by molar-refractivity contribution is 7.89. The SMILES string of the molecule is COc1ccc(S(=O)(=O)N2CCCO[C@@H]2CNC(=O)C(=O)NCCc2ccco2)cc1. The van der Waals surface area contributed by atoms with E-state index in [-0.39, 0.29) is 24.5 Å². The average Bonchev–Trinajstić information content (AvgIpc) is 3.31. The van der Waals surface area contributed by atoms with Gasteiger partial charge >= 0.3 is 11.8 Å². The van der Waals surface area contributed by atoms with Crippen molar-refractivity contribution < 1.29 is 31.9 Å². The van der Waals surface area contributed by atoms with E-state index >= 15 is 0 Å². The highest BCUT2D eigenvalue weighted by atomic mass is 32.2. The van der Waals surface area contributed by atoms with Gasteiger partial charge in [0.1, 0.15) is 17.7 Å². The molecule has 2 heterocycles. The summed E-state index contributed by atoms with van der Waals surface area (Å²) in [7, 11) is -2.36. The number of amides is 2. The lowest BCUT2D eigenvalue weighted by Gasteiger charge is -2.34. The number of hydrogen-bond donors (Lipinski definition) is 2. The molecule has 1 aliphatic rings. The number of ether oxygens (including phenoxy) is 2. The molecule has 1 atom stereocenters. The number of methoxy groups -OCH3 is 1. The van der Waals surface area contributed by atoms with Crippen LogP contribution in [-0.4, -0.2) is 64.1 Å².